The van der Waals surface area contributed by atoms with Crippen LogP contribution < -0.4 is 0 Å². The van der Waals surface area contributed by atoms with E-state index in [0.29, 0.717) is 5.56 Å². The second-order valence-corrected chi connectivity index (χ2v) is 3.27. The quantitative estimate of drug-likeness (QED) is 0.776. The lowest BCUT2D eigenvalue weighted by atomic mass is 10.0. The van der Waals surface area contributed by atoms with E-state index < -0.39 is 17.9 Å². The number of carbonyl (C=O) groups is 1. The van der Waals surface area contributed by atoms with Gasteiger partial charge in [0.25, 0.3) is 0 Å². The molecule has 82 valence electrons. The lowest BCUT2D eigenvalue weighted by molar-refractivity contribution is -0.142. The minimum absolute atomic E-state index is 0.155. The predicted molar refractivity (Wildman–Crippen MR) is 52.7 cm³/mol. The normalized spacial score (nSPS) is 12.3. The standard InChI is InChI=1S/C11H13FO3/c1-7-4-3-5-8(12)11(7)9(13)6-10(14)15-2/h3-5,9,13H,6H2,1-2H3/t9-/m1/s1. The van der Waals surface area contributed by atoms with Gasteiger partial charge in [-0.05, 0) is 18.6 Å². The fraction of sp³-hybridized carbons (Fsp3) is 0.364. The van der Waals surface area contributed by atoms with Crippen molar-refractivity contribution in [3.05, 3.63) is 35.1 Å². The van der Waals surface area contributed by atoms with E-state index in [4.69, 9.17) is 0 Å². The summed E-state index contributed by atoms with van der Waals surface area (Å²) in [6.07, 6.45) is -1.39. The zero-order valence-electron chi connectivity index (χ0n) is 8.66. The van der Waals surface area contributed by atoms with E-state index in [1.165, 1.54) is 13.2 Å². The number of ether oxygens (including phenoxy) is 1. The molecule has 1 rings (SSSR count). The Kier molecular flexibility index (Phi) is 3.80. The lowest BCUT2D eigenvalue weighted by Crippen LogP contribution is -2.10. The minimum atomic E-state index is -1.15. The van der Waals surface area contributed by atoms with Crippen molar-refractivity contribution in [2.24, 2.45) is 0 Å². The topological polar surface area (TPSA) is 46.5 Å². The largest absolute Gasteiger partial charge is 0.469 e. The average molecular weight is 212 g/mol. The highest BCUT2D eigenvalue weighted by Gasteiger charge is 2.18. The highest BCUT2D eigenvalue weighted by molar-refractivity contribution is 5.70. The molecular weight excluding hydrogens is 199 g/mol. The maximum atomic E-state index is 13.3. The molecule has 15 heavy (non-hydrogen) atoms. The number of aliphatic hydroxyl groups excluding tert-OH is 1. The third-order valence-electron chi connectivity index (χ3n) is 2.19. The van der Waals surface area contributed by atoms with Crippen LogP contribution in [0.2, 0.25) is 0 Å². The Balaban J connectivity index is 2.90. The molecule has 0 aliphatic carbocycles. The summed E-state index contributed by atoms with van der Waals surface area (Å²) in [5, 5.41) is 9.64. The van der Waals surface area contributed by atoms with Crippen molar-refractivity contribution in [2.75, 3.05) is 7.11 Å². The Labute approximate surface area is 87.5 Å². The zero-order valence-corrected chi connectivity index (χ0v) is 8.66. The van der Waals surface area contributed by atoms with Gasteiger partial charge in [0, 0.05) is 5.56 Å². The van der Waals surface area contributed by atoms with Crippen molar-refractivity contribution in [1.82, 2.24) is 0 Å². The summed E-state index contributed by atoms with van der Waals surface area (Å²) >= 11 is 0. The van der Waals surface area contributed by atoms with E-state index in [9.17, 15) is 14.3 Å². The molecule has 0 aromatic heterocycles. The number of halogens is 1. The number of aryl methyl sites for hydroxylation is 1. The van der Waals surface area contributed by atoms with E-state index in [-0.39, 0.29) is 12.0 Å². The van der Waals surface area contributed by atoms with Crippen LogP contribution in [0, 0.1) is 12.7 Å². The van der Waals surface area contributed by atoms with Crippen molar-refractivity contribution in [3.8, 4) is 0 Å². The van der Waals surface area contributed by atoms with E-state index in [2.05, 4.69) is 4.74 Å². The Morgan fingerprint density at radius 2 is 2.27 bits per heavy atom. The summed E-state index contributed by atoms with van der Waals surface area (Å²) in [5.41, 5.74) is 0.773. The van der Waals surface area contributed by atoms with Gasteiger partial charge in [-0.25, -0.2) is 4.39 Å². The van der Waals surface area contributed by atoms with Gasteiger partial charge in [0.1, 0.15) is 5.82 Å². The average Bonchev–Trinajstić information content (AvgIpc) is 2.17. The Morgan fingerprint density at radius 1 is 1.60 bits per heavy atom. The van der Waals surface area contributed by atoms with Gasteiger partial charge in [0.05, 0.1) is 19.6 Å². The van der Waals surface area contributed by atoms with Crippen molar-refractivity contribution >= 4 is 5.97 Å². The third kappa shape index (κ3) is 2.76. The second kappa shape index (κ2) is 4.89. The molecule has 3 nitrogen and oxygen atoms in total. The molecule has 0 fully saturated rings. The molecule has 1 aromatic carbocycles. The Hall–Kier alpha value is -1.42. The number of hydrogen-bond donors (Lipinski definition) is 1. The van der Waals surface area contributed by atoms with E-state index in [1.54, 1.807) is 19.1 Å². The van der Waals surface area contributed by atoms with Crippen LogP contribution >= 0.6 is 0 Å². The van der Waals surface area contributed by atoms with Crippen LogP contribution in [0.4, 0.5) is 4.39 Å². The summed E-state index contributed by atoms with van der Waals surface area (Å²) < 4.78 is 17.7. The van der Waals surface area contributed by atoms with Crippen LogP contribution in [0.5, 0.6) is 0 Å². The van der Waals surface area contributed by atoms with Gasteiger partial charge < -0.3 is 9.84 Å². The molecule has 0 aliphatic heterocycles. The van der Waals surface area contributed by atoms with Crippen LogP contribution in [0.15, 0.2) is 18.2 Å². The number of carbonyl (C=O) groups excluding carboxylic acids is 1. The molecule has 0 saturated carbocycles. The van der Waals surface area contributed by atoms with Gasteiger partial charge in [-0.3, -0.25) is 4.79 Å². The first-order chi connectivity index (χ1) is 7.06. The van der Waals surface area contributed by atoms with Gasteiger partial charge in [-0.1, -0.05) is 12.1 Å². The van der Waals surface area contributed by atoms with Gasteiger partial charge in [-0.15, -0.1) is 0 Å². The molecule has 1 N–H and O–H groups in total. The minimum Gasteiger partial charge on any atom is -0.469 e. The molecule has 1 atom stereocenters. The fourth-order valence-corrected chi connectivity index (χ4v) is 1.41. The fourth-order valence-electron chi connectivity index (χ4n) is 1.41. The number of aliphatic hydroxyl groups is 1. The molecule has 0 aliphatic rings. The molecule has 4 heteroatoms. The van der Waals surface area contributed by atoms with Crippen molar-refractivity contribution in [3.63, 3.8) is 0 Å². The maximum absolute atomic E-state index is 13.3. The second-order valence-electron chi connectivity index (χ2n) is 3.27. The molecule has 0 saturated heterocycles. The van der Waals surface area contributed by atoms with Gasteiger partial charge >= 0.3 is 5.97 Å². The molecular formula is C11H13FO3. The van der Waals surface area contributed by atoms with Crippen molar-refractivity contribution < 1.29 is 19.0 Å². The van der Waals surface area contributed by atoms with Crippen molar-refractivity contribution in [1.29, 1.82) is 0 Å². The number of rotatable bonds is 3. The van der Waals surface area contributed by atoms with Crippen LogP contribution in [0.1, 0.15) is 23.7 Å². The Bertz CT molecular complexity index is 343. The van der Waals surface area contributed by atoms with Gasteiger partial charge in [0.2, 0.25) is 0 Å². The molecule has 0 unspecified atom stereocenters. The molecule has 0 bridgehead atoms. The SMILES string of the molecule is COC(=O)C[C@@H](O)c1c(C)cccc1F. The molecule has 0 heterocycles. The van der Waals surface area contributed by atoms with Crippen LogP contribution in [-0.2, 0) is 9.53 Å². The van der Waals surface area contributed by atoms with Gasteiger partial charge in [0.15, 0.2) is 0 Å². The van der Waals surface area contributed by atoms with E-state index in [0.717, 1.165) is 0 Å². The zero-order chi connectivity index (χ0) is 11.4. The van der Waals surface area contributed by atoms with Gasteiger partial charge in [-0.2, -0.15) is 0 Å². The monoisotopic (exact) mass is 212 g/mol. The first-order valence-corrected chi connectivity index (χ1v) is 4.56. The van der Waals surface area contributed by atoms with Crippen LogP contribution in [0.3, 0.4) is 0 Å². The Morgan fingerprint density at radius 3 is 2.80 bits per heavy atom. The smallest absolute Gasteiger partial charge is 0.308 e. The first kappa shape index (κ1) is 11.7. The number of benzene rings is 1. The molecule has 0 spiro atoms. The lowest BCUT2D eigenvalue weighted by Gasteiger charge is -2.13. The summed E-state index contributed by atoms with van der Waals surface area (Å²) in [4.78, 5) is 10.9. The summed E-state index contributed by atoms with van der Waals surface area (Å²) in [7, 11) is 1.23. The summed E-state index contributed by atoms with van der Waals surface area (Å²) in [5.74, 6) is -1.07. The van der Waals surface area contributed by atoms with E-state index in [1.807, 2.05) is 0 Å². The van der Waals surface area contributed by atoms with E-state index >= 15 is 0 Å². The molecule has 0 radical (unpaired) electrons. The maximum Gasteiger partial charge on any atom is 0.308 e. The first-order valence-electron chi connectivity index (χ1n) is 4.56. The highest BCUT2D eigenvalue weighted by Crippen LogP contribution is 2.23. The van der Waals surface area contributed by atoms with Crippen LogP contribution in [0.25, 0.3) is 0 Å². The third-order valence-corrected chi connectivity index (χ3v) is 2.19. The highest BCUT2D eigenvalue weighted by atomic mass is 19.1. The molecule has 1 aromatic rings. The van der Waals surface area contributed by atoms with Crippen LogP contribution in [-0.4, -0.2) is 18.2 Å². The van der Waals surface area contributed by atoms with Crippen molar-refractivity contribution in [2.45, 2.75) is 19.4 Å². The number of esters is 1. The number of hydrogen-bond acceptors (Lipinski definition) is 3. The number of methoxy groups -OCH3 is 1. The molecule has 0 amide bonds. The summed E-state index contributed by atoms with van der Waals surface area (Å²) in [6, 6.07) is 4.49. The predicted octanol–water partition coefficient (Wildman–Crippen LogP) is 1.73. The summed E-state index contributed by atoms with van der Waals surface area (Å²) in [6.45, 7) is 1.68.